The molecule has 0 unspecified atom stereocenters. The smallest absolute Gasteiger partial charge is 0.335 e. The second kappa shape index (κ2) is 5.01. The summed E-state index contributed by atoms with van der Waals surface area (Å²) >= 11 is 5.89. The summed E-state index contributed by atoms with van der Waals surface area (Å²) in [5, 5.41) is 2.83. The van der Waals surface area contributed by atoms with Gasteiger partial charge in [0.2, 0.25) is 0 Å². The zero-order chi connectivity index (χ0) is 13.1. The van der Waals surface area contributed by atoms with Crippen molar-refractivity contribution < 1.29 is 9.21 Å². The first-order chi connectivity index (χ1) is 8.58. The summed E-state index contributed by atoms with van der Waals surface area (Å²) < 4.78 is 4.61. The van der Waals surface area contributed by atoms with E-state index in [1.807, 2.05) is 0 Å². The highest BCUT2D eigenvalue weighted by atomic mass is 35.5. The highest BCUT2D eigenvalue weighted by Gasteiger charge is 2.11. The highest BCUT2D eigenvalue weighted by Crippen LogP contribution is 2.23. The van der Waals surface area contributed by atoms with E-state index >= 15 is 0 Å². The third-order valence-electron chi connectivity index (χ3n) is 2.31. The van der Waals surface area contributed by atoms with Gasteiger partial charge in [-0.25, -0.2) is 9.78 Å². The van der Waals surface area contributed by atoms with Crippen LogP contribution in [0.3, 0.4) is 0 Å². The van der Waals surface area contributed by atoms with Crippen LogP contribution in [0.5, 0.6) is 0 Å². The molecular weight excluding hydrogens is 256 g/mol. The van der Waals surface area contributed by atoms with Crippen molar-refractivity contribution in [2.24, 2.45) is 0 Å². The third kappa shape index (κ3) is 2.57. The highest BCUT2D eigenvalue weighted by molar-refractivity contribution is 6.32. The van der Waals surface area contributed by atoms with Crippen molar-refractivity contribution in [2.75, 3.05) is 5.32 Å². The summed E-state index contributed by atoms with van der Waals surface area (Å²) in [4.78, 5) is 26.5. The molecule has 2 rings (SSSR count). The van der Waals surface area contributed by atoms with Gasteiger partial charge >= 0.3 is 5.63 Å². The molecule has 0 saturated heterocycles. The number of carbonyl (C=O) groups excluding carboxylic acids is 1. The molecule has 0 fully saturated rings. The fourth-order valence-corrected chi connectivity index (χ4v) is 1.60. The van der Waals surface area contributed by atoms with Crippen molar-refractivity contribution in [1.82, 2.24) is 4.98 Å². The van der Waals surface area contributed by atoms with Crippen molar-refractivity contribution in [2.45, 2.75) is 6.92 Å². The molecule has 6 heteroatoms. The van der Waals surface area contributed by atoms with Gasteiger partial charge in [-0.05, 0) is 24.6 Å². The minimum absolute atomic E-state index is 0.209. The zero-order valence-electron chi connectivity index (χ0n) is 9.44. The molecule has 1 N–H and O–H groups in total. The predicted octanol–water partition coefficient (Wildman–Crippen LogP) is 2.25. The molecule has 0 spiro atoms. The van der Waals surface area contributed by atoms with Gasteiger partial charge in [0.15, 0.2) is 5.15 Å². The topological polar surface area (TPSA) is 72.2 Å². The van der Waals surface area contributed by atoms with Crippen molar-refractivity contribution in [3.63, 3.8) is 0 Å². The van der Waals surface area contributed by atoms with E-state index in [4.69, 9.17) is 11.6 Å². The summed E-state index contributed by atoms with van der Waals surface area (Å²) in [7, 11) is 0. The lowest BCUT2D eigenvalue weighted by molar-refractivity contribution is 0.102. The Bertz CT molecular complexity index is 611. The van der Waals surface area contributed by atoms with E-state index in [1.54, 1.807) is 19.2 Å². The van der Waals surface area contributed by atoms with Crippen LogP contribution in [0.2, 0.25) is 5.15 Å². The van der Waals surface area contributed by atoms with Gasteiger partial charge in [0.05, 0.1) is 11.3 Å². The fourth-order valence-electron chi connectivity index (χ4n) is 1.35. The van der Waals surface area contributed by atoms with E-state index < -0.39 is 11.5 Å². The van der Waals surface area contributed by atoms with Gasteiger partial charge in [0, 0.05) is 12.3 Å². The van der Waals surface area contributed by atoms with Crippen molar-refractivity contribution >= 4 is 23.2 Å². The van der Waals surface area contributed by atoms with Gasteiger partial charge in [0.25, 0.3) is 5.91 Å². The molecule has 0 aliphatic carbocycles. The van der Waals surface area contributed by atoms with Crippen LogP contribution < -0.4 is 10.9 Å². The molecule has 5 nitrogen and oxygen atoms in total. The Labute approximate surface area is 107 Å². The standard InChI is InChI=1S/C12H9ClN2O3/c1-7-4-5-14-11(13)10(7)15-12(17)8-2-3-9(16)18-6-8/h2-6H,1H3,(H,15,17). The van der Waals surface area contributed by atoms with Crippen molar-refractivity contribution in [3.8, 4) is 0 Å². The molecular formula is C12H9ClN2O3. The van der Waals surface area contributed by atoms with Crippen LogP contribution in [0.15, 0.2) is 39.9 Å². The first-order valence-electron chi connectivity index (χ1n) is 5.09. The molecule has 0 aliphatic heterocycles. The number of hydrogen-bond acceptors (Lipinski definition) is 4. The summed E-state index contributed by atoms with van der Waals surface area (Å²) in [5.74, 6) is -0.420. The van der Waals surface area contributed by atoms with Crippen LogP contribution in [0.4, 0.5) is 5.69 Å². The van der Waals surface area contributed by atoms with Gasteiger partial charge in [0.1, 0.15) is 6.26 Å². The average molecular weight is 265 g/mol. The fraction of sp³-hybridized carbons (Fsp3) is 0.0833. The Kier molecular flexibility index (Phi) is 3.43. The Morgan fingerprint density at radius 3 is 2.78 bits per heavy atom. The molecule has 2 heterocycles. The molecule has 18 heavy (non-hydrogen) atoms. The Morgan fingerprint density at radius 2 is 2.17 bits per heavy atom. The maximum absolute atomic E-state index is 11.9. The molecule has 1 amide bonds. The molecule has 0 atom stereocenters. The number of aromatic nitrogens is 1. The van der Waals surface area contributed by atoms with E-state index in [0.29, 0.717) is 5.69 Å². The van der Waals surface area contributed by atoms with E-state index in [9.17, 15) is 9.59 Å². The van der Waals surface area contributed by atoms with Gasteiger partial charge in [-0.2, -0.15) is 0 Å². The van der Waals surface area contributed by atoms with E-state index in [0.717, 1.165) is 11.8 Å². The number of amides is 1. The van der Waals surface area contributed by atoms with Gasteiger partial charge < -0.3 is 9.73 Å². The number of hydrogen-bond donors (Lipinski definition) is 1. The number of nitrogens with one attached hydrogen (secondary N) is 1. The molecule has 0 aliphatic rings. The second-order valence-electron chi connectivity index (χ2n) is 3.59. The maximum atomic E-state index is 11.9. The van der Waals surface area contributed by atoms with Crippen LogP contribution in [-0.2, 0) is 0 Å². The van der Waals surface area contributed by atoms with Crippen LogP contribution in [0.25, 0.3) is 0 Å². The van der Waals surface area contributed by atoms with Gasteiger partial charge in [-0.1, -0.05) is 11.6 Å². The minimum Gasteiger partial charge on any atom is -0.430 e. The Balaban J connectivity index is 2.27. The molecule has 0 aromatic carbocycles. The second-order valence-corrected chi connectivity index (χ2v) is 3.95. The SMILES string of the molecule is Cc1ccnc(Cl)c1NC(=O)c1ccc(=O)oc1. The van der Waals surface area contributed by atoms with Gasteiger partial charge in [-0.15, -0.1) is 0 Å². The number of nitrogens with zero attached hydrogens (tertiary/aromatic N) is 1. The summed E-state index contributed by atoms with van der Waals surface area (Å²) in [5.41, 5.74) is 0.951. The average Bonchev–Trinajstić information content (AvgIpc) is 2.34. The summed E-state index contributed by atoms with van der Waals surface area (Å²) in [6.07, 6.45) is 2.64. The maximum Gasteiger partial charge on any atom is 0.335 e. The van der Waals surface area contributed by atoms with Crippen LogP contribution >= 0.6 is 11.6 Å². The predicted molar refractivity (Wildman–Crippen MR) is 66.9 cm³/mol. The molecule has 0 bridgehead atoms. The normalized spacial score (nSPS) is 10.1. The number of pyridine rings is 1. The lowest BCUT2D eigenvalue weighted by Gasteiger charge is -2.08. The Hall–Kier alpha value is -2.14. The first-order valence-corrected chi connectivity index (χ1v) is 5.47. The molecule has 2 aromatic rings. The van der Waals surface area contributed by atoms with Crippen LogP contribution in [0.1, 0.15) is 15.9 Å². The number of anilines is 1. The minimum atomic E-state index is -0.512. The van der Waals surface area contributed by atoms with Crippen LogP contribution in [0, 0.1) is 6.92 Å². The molecule has 0 radical (unpaired) electrons. The summed E-state index contributed by atoms with van der Waals surface area (Å²) in [6, 6.07) is 4.28. The van der Waals surface area contributed by atoms with E-state index in [-0.39, 0.29) is 10.7 Å². The van der Waals surface area contributed by atoms with E-state index in [2.05, 4.69) is 14.7 Å². The number of aryl methyl sites for hydroxylation is 1. The van der Waals surface area contributed by atoms with Gasteiger partial charge in [-0.3, -0.25) is 4.79 Å². The third-order valence-corrected chi connectivity index (χ3v) is 2.60. The molecule has 92 valence electrons. The number of rotatable bonds is 2. The van der Waals surface area contributed by atoms with Crippen molar-refractivity contribution in [1.29, 1.82) is 0 Å². The lowest BCUT2D eigenvalue weighted by Crippen LogP contribution is -2.14. The molecule has 2 aromatic heterocycles. The van der Waals surface area contributed by atoms with Crippen molar-refractivity contribution in [3.05, 3.63) is 57.4 Å². The van der Waals surface area contributed by atoms with E-state index in [1.165, 1.54) is 12.1 Å². The largest absolute Gasteiger partial charge is 0.430 e. The monoisotopic (exact) mass is 264 g/mol. The Morgan fingerprint density at radius 1 is 1.39 bits per heavy atom. The first kappa shape index (κ1) is 12.3. The lowest BCUT2D eigenvalue weighted by atomic mass is 10.2. The number of halogens is 1. The quantitative estimate of drug-likeness (QED) is 0.845. The van der Waals surface area contributed by atoms with Crippen LogP contribution in [-0.4, -0.2) is 10.9 Å². The zero-order valence-corrected chi connectivity index (χ0v) is 10.2. The molecule has 0 saturated carbocycles. The summed E-state index contributed by atoms with van der Waals surface area (Å²) in [6.45, 7) is 1.80. The number of carbonyl (C=O) groups is 1.